The number of carboxylic acid groups (broad SMARTS) is 1. The van der Waals surface area contributed by atoms with Crippen LogP contribution in [0.5, 0.6) is 0 Å². The minimum Gasteiger partial charge on any atom is -0.478 e. The number of nitrogens with zero attached hydrogens (tertiary/aromatic N) is 2. The summed E-state index contributed by atoms with van der Waals surface area (Å²) in [7, 11) is 0. The van der Waals surface area contributed by atoms with Crippen LogP contribution in [0.2, 0.25) is 0 Å². The van der Waals surface area contributed by atoms with Gasteiger partial charge in [0.05, 0.1) is 5.56 Å². The van der Waals surface area contributed by atoms with E-state index in [1.54, 1.807) is 37.3 Å². The lowest BCUT2D eigenvalue weighted by molar-refractivity contribution is -0.389. The molecule has 2 rings (SSSR count). The van der Waals surface area contributed by atoms with Gasteiger partial charge in [0, 0.05) is 6.92 Å². The number of carbonyl (C=O) groups is 1. The predicted molar refractivity (Wildman–Crippen MR) is 63.4 cm³/mol. The molecule has 0 spiro atoms. The molecule has 0 amide bonds. The van der Waals surface area contributed by atoms with E-state index in [0.717, 1.165) is 0 Å². The average Bonchev–Trinajstić information content (AvgIpc) is 2.78. The van der Waals surface area contributed by atoms with E-state index in [1.807, 2.05) is 0 Å². The molecule has 2 N–H and O–H groups in total. The van der Waals surface area contributed by atoms with E-state index in [1.165, 1.54) is 6.20 Å². The van der Waals surface area contributed by atoms with Gasteiger partial charge in [-0.3, -0.25) is 0 Å². The summed E-state index contributed by atoms with van der Waals surface area (Å²) < 4.78 is 0. The molecular weight excluding hydrogens is 238 g/mol. The van der Waals surface area contributed by atoms with Gasteiger partial charge >= 0.3 is 11.8 Å². The summed E-state index contributed by atoms with van der Waals surface area (Å²) >= 11 is 0. The zero-order valence-corrected chi connectivity index (χ0v) is 9.53. The predicted octanol–water partition coefficient (Wildman–Crippen LogP) is 2.01. The van der Waals surface area contributed by atoms with Crippen LogP contribution in [0.1, 0.15) is 16.2 Å². The lowest BCUT2D eigenvalue weighted by Crippen LogP contribution is -1.93. The van der Waals surface area contributed by atoms with Crippen LogP contribution in [0.15, 0.2) is 36.5 Å². The summed E-state index contributed by atoms with van der Waals surface area (Å²) in [6.07, 6.45) is 1.19. The van der Waals surface area contributed by atoms with E-state index < -0.39 is 10.9 Å². The third kappa shape index (κ3) is 4.05. The quantitative estimate of drug-likeness (QED) is 0.625. The first-order chi connectivity index (χ1) is 8.50. The molecule has 1 heterocycles. The number of H-pyrrole nitrogens is 1. The lowest BCUT2D eigenvalue weighted by atomic mass is 10.2. The summed E-state index contributed by atoms with van der Waals surface area (Å²) in [4.78, 5) is 25.7. The summed E-state index contributed by atoms with van der Waals surface area (Å²) in [5.41, 5.74) is 0.331. The van der Waals surface area contributed by atoms with Gasteiger partial charge < -0.3 is 15.2 Å². The Morgan fingerprint density at radius 3 is 2.28 bits per heavy atom. The largest absolute Gasteiger partial charge is 0.478 e. The van der Waals surface area contributed by atoms with Gasteiger partial charge in [0.25, 0.3) is 0 Å². The number of imidazole rings is 1. The van der Waals surface area contributed by atoms with E-state index >= 15 is 0 Å². The zero-order chi connectivity index (χ0) is 13.5. The van der Waals surface area contributed by atoms with Crippen molar-refractivity contribution < 1.29 is 14.8 Å². The number of hydrogen-bond donors (Lipinski definition) is 2. The molecule has 0 fully saturated rings. The van der Waals surface area contributed by atoms with Crippen molar-refractivity contribution in [3.63, 3.8) is 0 Å². The van der Waals surface area contributed by atoms with E-state index in [-0.39, 0.29) is 5.82 Å². The van der Waals surface area contributed by atoms with Gasteiger partial charge in [-0.05, 0) is 17.1 Å². The highest BCUT2D eigenvalue weighted by Gasteiger charge is 2.04. The van der Waals surface area contributed by atoms with Gasteiger partial charge in [-0.1, -0.05) is 18.2 Å². The number of carboxylic acids is 1. The fourth-order valence-corrected chi connectivity index (χ4v) is 1.08. The molecule has 0 saturated heterocycles. The van der Waals surface area contributed by atoms with Gasteiger partial charge in [0.1, 0.15) is 6.20 Å². The second-order valence-corrected chi connectivity index (χ2v) is 3.28. The Balaban J connectivity index is 0.000000180. The average molecular weight is 249 g/mol. The molecule has 0 saturated carbocycles. The topological polar surface area (TPSA) is 109 Å². The van der Waals surface area contributed by atoms with Crippen LogP contribution in [0, 0.1) is 17.0 Å². The minimum atomic E-state index is -0.879. The van der Waals surface area contributed by atoms with Crippen molar-refractivity contribution in [2.75, 3.05) is 0 Å². The van der Waals surface area contributed by atoms with Gasteiger partial charge in [-0.15, -0.1) is 0 Å². The van der Waals surface area contributed by atoms with Crippen molar-refractivity contribution >= 4 is 11.8 Å². The van der Waals surface area contributed by atoms with Crippen LogP contribution in [0.3, 0.4) is 0 Å². The van der Waals surface area contributed by atoms with Gasteiger partial charge in [0.15, 0.2) is 5.82 Å². The first-order valence-electron chi connectivity index (χ1n) is 4.95. The van der Waals surface area contributed by atoms with Crippen LogP contribution in [-0.2, 0) is 0 Å². The van der Waals surface area contributed by atoms with Crippen molar-refractivity contribution in [2.24, 2.45) is 0 Å². The maximum absolute atomic E-state index is 10.2. The summed E-state index contributed by atoms with van der Waals surface area (Å²) in [5, 5.41) is 18.3. The van der Waals surface area contributed by atoms with E-state index in [4.69, 9.17) is 5.11 Å². The Labute approximate surface area is 102 Å². The van der Waals surface area contributed by atoms with Crippen molar-refractivity contribution in [3.8, 4) is 0 Å². The van der Waals surface area contributed by atoms with Crippen LogP contribution < -0.4 is 0 Å². The van der Waals surface area contributed by atoms with Crippen molar-refractivity contribution in [2.45, 2.75) is 6.92 Å². The van der Waals surface area contributed by atoms with Crippen molar-refractivity contribution in [3.05, 3.63) is 58.0 Å². The van der Waals surface area contributed by atoms with E-state index in [9.17, 15) is 14.9 Å². The highest BCUT2D eigenvalue weighted by Crippen LogP contribution is 2.03. The number of hydrogen-bond acceptors (Lipinski definition) is 4. The Morgan fingerprint density at radius 2 is 2.00 bits per heavy atom. The first kappa shape index (κ1) is 13.4. The molecule has 18 heavy (non-hydrogen) atoms. The number of nitrogens with one attached hydrogen (secondary N) is 1. The van der Waals surface area contributed by atoms with Crippen LogP contribution in [0.4, 0.5) is 5.82 Å². The van der Waals surface area contributed by atoms with Gasteiger partial charge in [-0.25, -0.2) is 14.8 Å². The van der Waals surface area contributed by atoms with E-state index in [0.29, 0.717) is 11.4 Å². The van der Waals surface area contributed by atoms with Crippen molar-refractivity contribution in [1.82, 2.24) is 9.97 Å². The molecule has 0 radical (unpaired) electrons. The maximum Gasteiger partial charge on any atom is 0.340 e. The van der Waals surface area contributed by atoms with Crippen LogP contribution in [0.25, 0.3) is 0 Å². The highest BCUT2D eigenvalue weighted by molar-refractivity contribution is 5.87. The number of rotatable bonds is 2. The molecule has 7 heteroatoms. The Kier molecular flexibility index (Phi) is 4.56. The normalized spacial score (nSPS) is 9.17. The number of aromatic amines is 1. The second-order valence-electron chi connectivity index (χ2n) is 3.28. The molecule has 0 bridgehead atoms. The van der Waals surface area contributed by atoms with Crippen LogP contribution in [-0.4, -0.2) is 26.0 Å². The Morgan fingerprint density at radius 1 is 1.39 bits per heavy atom. The number of nitro groups is 1. The number of aryl methyl sites for hydroxylation is 1. The number of benzene rings is 1. The molecule has 2 aromatic rings. The third-order valence-corrected chi connectivity index (χ3v) is 1.91. The fourth-order valence-electron chi connectivity index (χ4n) is 1.08. The SMILES string of the molecule is Cc1ncc([N+](=O)[O-])[nH]1.O=C(O)c1ccccc1. The summed E-state index contributed by atoms with van der Waals surface area (Å²) in [6, 6.07) is 8.30. The maximum atomic E-state index is 10.2. The second kappa shape index (κ2) is 6.14. The first-order valence-corrected chi connectivity index (χ1v) is 4.95. The molecule has 1 aromatic heterocycles. The standard InChI is InChI=1S/C7H6O2.C4H5N3O2/c8-7(9)6-4-2-1-3-5-6;1-3-5-2-4(6-3)7(8)9/h1-5H,(H,8,9);2H,1H3,(H,5,6). The molecule has 1 aromatic carbocycles. The van der Waals surface area contributed by atoms with Crippen LogP contribution >= 0.6 is 0 Å². The fraction of sp³-hybridized carbons (Fsp3) is 0.0909. The molecule has 0 atom stereocenters. The van der Waals surface area contributed by atoms with E-state index in [2.05, 4.69) is 9.97 Å². The molecule has 0 aliphatic carbocycles. The van der Waals surface area contributed by atoms with Gasteiger partial charge in [-0.2, -0.15) is 0 Å². The zero-order valence-electron chi connectivity index (χ0n) is 9.53. The van der Waals surface area contributed by atoms with Gasteiger partial charge in [0.2, 0.25) is 0 Å². The monoisotopic (exact) mass is 249 g/mol. The Hall–Kier alpha value is -2.70. The summed E-state index contributed by atoms with van der Waals surface area (Å²) in [5.74, 6) is -0.384. The minimum absolute atomic E-state index is 0.0625. The number of aromatic nitrogens is 2. The number of aromatic carboxylic acids is 1. The Bertz CT molecular complexity index is 536. The highest BCUT2D eigenvalue weighted by atomic mass is 16.6. The molecule has 0 aliphatic heterocycles. The smallest absolute Gasteiger partial charge is 0.340 e. The molecular formula is C11H11N3O4. The molecule has 7 nitrogen and oxygen atoms in total. The molecule has 0 unspecified atom stereocenters. The third-order valence-electron chi connectivity index (χ3n) is 1.91. The molecule has 94 valence electrons. The lowest BCUT2D eigenvalue weighted by Gasteiger charge is -1.88. The summed E-state index contributed by atoms with van der Waals surface area (Å²) in [6.45, 7) is 1.66. The molecule has 0 aliphatic rings. The van der Waals surface area contributed by atoms with Crippen molar-refractivity contribution in [1.29, 1.82) is 0 Å².